The molecule has 2 heterocycles. The first kappa shape index (κ1) is 15.8. The lowest BCUT2D eigenvalue weighted by Crippen LogP contribution is -2.49. The van der Waals surface area contributed by atoms with Crippen LogP contribution in [0, 0.1) is 0 Å². The normalized spacial score (nSPS) is 19.7. The molecule has 22 heavy (non-hydrogen) atoms. The van der Waals surface area contributed by atoms with Crippen molar-refractivity contribution in [3.8, 4) is 0 Å². The maximum atomic E-state index is 12.5. The summed E-state index contributed by atoms with van der Waals surface area (Å²) in [6, 6.07) is 8.46. The molecule has 1 N–H and O–H groups in total. The van der Waals surface area contributed by atoms with Gasteiger partial charge in [0.25, 0.3) is 5.91 Å². The third-order valence-corrected chi connectivity index (χ3v) is 5.68. The minimum Gasteiger partial charge on any atom is -0.347 e. The van der Waals surface area contributed by atoms with Crippen molar-refractivity contribution in [3.05, 3.63) is 34.2 Å². The van der Waals surface area contributed by atoms with Crippen LogP contribution in [0.15, 0.2) is 24.3 Å². The highest BCUT2D eigenvalue weighted by molar-refractivity contribution is 7.20. The summed E-state index contributed by atoms with van der Waals surface area (Å²) in [7, 11) is 0. The van der Waals surface area contributed by atoms with Gasteiger partial charge >= 0.3 is 0 Å². The summed E-state index contributed by atoms with van der Waals surface area (Å²) < 4.78 is 1.06. The molecule has 1 saturated heterocycles. The first-order valence-electron chi connectivity index (χ1n) is 7.77. The number of hydrogen-bond donors (Lipinski definition) is 1. The highest BCUT2D eigenvalue weighted by atomic mass is 35.5. The number of hydrogen-bond acceptors (Lipinski definition) is 3. The van der Waals surface area contributed by atoms with Gasteiger partial charge in [-0.25, -0.2) is 0 Å². The Balaban J connectivity index is 1.72. The van der Waals surface area contributed by atoms with E-state index in [0.29, 0.717) is 11.1 Å². The number of thiophene rings is 1. The van der Waals surface area contributed by atoms with E-state index in [-0.39, 0.29) is 11.9 Å². The van der Waals surface area contributed by atoms with Gasteiger partial charge in [-0.15, -0.1) is 11.3 Å². The highest BCUT2D eigenvalue weighted by Crippen LogP contribution is 2.31. The predicted octanol–water partition coefficient (Wildman–Crippen LogP) is 4.16. The fraction of sp³-hybridized carbons (Fsp3) is 0.471. The van der Waals surface area contributed by atoms with Crippen molar-refractivity contribution in [1.29, 1.82) is 0 Å². The third kappa shape index (κ3) is 3.29. The van der Waals surface area contributed by atoms with Gasteiger partial charge < -0.3 is 5.32 Å². The van der Waals surface area contributed by atoms with E-state index in [1.54, 1.807) is 0 Å². The Morgan fingerprint density at radius 1 is 1.45 bits per heavy atom. The van der Waals surface area contributed by atoms with Crippen molar-refractivity contribution in [1.82, 2.24) is 10.2 Å². The maximum absolute atomic E-state index is 12.5. The van der Waals surface area contributed by atoms with Crippen LogP contribution >= 0.6 is 22.9 Å². The summed E-state index contributed by atoms with van der Waals surface area (Å²) in [5, 5.41) is 4.86. The molecular formula is C17H21ClN2OS. The van der Waals surface area contributed by atoms with Crippen LogP contribution < -0.4 is 5.32 Å². The molecule has 0 saturated carbocycles. The Hall–Kier alpha value is -1.10. The number of carbonyl (C=O) groups excluding carboxylic acids is 1. The van der Waals surface area contributed by atoms with E-state index in [9.17, 15) is 4.79 Å². The van der Waals surface area contributed by atoms with Crippen LogP contribution in [0.2, 0.25) is 5.02 Å². The Labute approximate surface area is 140 Å². The maximum Gasteiger partial charge on any atom is 0.261 e. The number of nitrogens with one attached hydrogen (secondary N) is 1. The van der Waals surface area contributed by atoms with Crippen LogP contribution in [0.5, 0.6) is 0 Å². The molecule has 0 spiro atoms. The van der Waals surface area contributed by atoms with Crippen molar-refractivity contribution in [2.24, 2.45) is 0 Å². The lowest BCUT2D eigenvalue weighted by molar-refractivity contribution is 0.0890. The minimum absolute atomic E-state index is 0.0212. The number of amides is 1. The molecule has 5 heteroatoms. The Morgan fingerprint density at radius 2 is 2.27 bits per heavy atom. The van der Waals surface area contributed by atoms with Gasteiger partial charge in [-0.3, -0.25) is 9.69 Å². The molecule has 1 aromatic carbocycles. The van der Waals surface area contributed by atoms with Crippen molar-refractivity contribution in [2.75, 3.05) is 13.1 Å². The number of halogens is 1. The molecular weight excluding hydrogens is 316 g/mol. The molecule has 2 aromatic rings. The summed E-state index contributed by atoms with van der Waals surface area (Å²) in [6.45, 7) is 6.48. The lowest BCUT2D eigenvalue weighted by atomic mass is 10.0. The molecule has 3 rings (SSSR count). The second-order valence-corrected chi connectivity index (χ2v) is 7.65. The zero-order valence-corrected chi connectivity index (χ0v) is 14.5. The van der Waals surface area contributed by atoms with E-state index in [1.165, 1.54) is 11.3 Å². The van der Waals surface area contributed by atoms with Crippen molar-refractivity contribution >= 4 is 38.9 Å². The standard InChI is InChI=1S/C17H21ClN2OS/c1-11(2)20-8-4-5-12(10-20)19-17(21)16-9-13-14(18)6-3-7-15(13)22-16/h3,6-7,9,11-12H,4-5,8,10H2,1-2H3,(H,19,21)/t12-/m1/s1. The molecule has 0 radical (unpaired) electrons. The molecule has 3 nitrogen and oxygen atoms in total. The minimum atomic E-state index is 0.0212. The van der Waals surface area contributed by atoms with E-state index < -0.39 is 0 Å². The molecule has 0 bridgehead atoms. The predicted molar refractivity (Wildman–Crippen MR) is 94.0 cm³/mol. The quantitative estimate of drug-likeness (QED) is 0.912. The Morgan fingerprint density at radius 3 is 3.00 bits per heavy atom. The van der Waals surface area contributed by atoms with Gasteiger partial charge in [0.2, 0.25) is 0 Å². The molecule has 1 aliphatic heterocycles. The molecule has 1 aromatic heterocycles. The van der Waals surface area contributed by atoms with Crippen LogP contribution in [0.1, 0.15) is 36.4 Å². The van der Waals surface area contributed by atoms with Gasteiger partial charge in [-0.1, -0.05) is 17.7 Å². The smallest absolute Gasteiger partial charge is 0.261 e. The van der Waals surface area contributed by atoms with Crippen molar-refractivity contribution < 1.29 is 4.79 Å². The number of piperidine rings is 1. The van der Waals surface area contributed by atoms with Gasteiger partial charge in [0.15, 0.2) is 0 Å². The monoisotopic (exact) mass is 336 g/mol. The topological polar surface area (TPSA) is 32.3 Å². The van der Waals surface area contributed by atoms with Crippen LogP contribution in [-0.4, -0.2) is 36.0 Å². The van der Waals surface area contributed by atoms with E-state index in [0.717, 1.165) is 40.9 Å². The van der Waals surface area contributed by atoms with E-state index >= 15 is 0 Å². The van der Waals surface area contributed by atoms with Gasteiger partial charge in [0.1, 0.15) is 0 Å². The highest BCUT2D eigenvalue weighted by Gasteiger charge is 2.23. The first-order chi connectivity index (χ1) is 10.5. The number of benzene rings is 1. The Kier molecular flexibility index (Phi) is 4.71. The number of likely N-dealkylation sites (tertiary alicyclic amines) is 1. The van der Waals surface area contributed by atoms with E-state index in [2.05, 4.69) is 24.1 Å². The van der Waals surface area contributed by atoms with E-state index in [1.807, 2.05) is 24.3 Å². The molecule has 1 fully saturated rings. The van der Waals surface area contributed by atoms with Gasteiger partial charge in [0.05, 0.1) is 4.88 Å². The largest absolute Gasteiger partial charge is 0.347 e. The summed E-state index contributed by atoms with van der Waals surface area (Å²) in [6.07, 6.45) is 2.20. The summed E-state index contributed by atoms with van der Waals surface area (Å²) in [5.41, 5.74) is 0. The van der Waals surface area contributed by atoms with Gasteiger partial charge in [-0.05, 0) is 51.4 Å². The Bertz CT molecular complexity index is 682. The SMILES string of the molecule is CC(C)N1CCC[C@@H](NC(=O)c2cc3c(Cl)cccc3s2)C1. The average Bonchev–Trinajstić information content (AvgIpc) is 2.93. The van der Waals surface area contributed by atoms with Crippen LogP contribution in [0.3, 0.4) is 0 Å². The van der Waals surface area contributed by atoms with Crippen LogP contribution in [0.4, 0.5) is 0 Å². The van der Waals surface area contributed by atoms with Gasteiger partial charge in [-0.2, -0.15) is 0 Å². The molecule has 1 aliphatic rings. The van der Waals surface area contributed by atoms with Crippen LogP contribution in [0.25, 0.3) is 10.1 Å². The fourth-order valence-electron chi connectivity index (χ4n) is 2.99. The van der Waals surface area contributed by atoms with Crippen LogP contribution in [-0.2, 0) is 0 Å². The van der Waals surface area contributed by atoms with E-state index in [4.69, 9.17) is 11.6 Å². The third-order valence-electron chi connectivity index (χ3n) is 4.25. The van der Waals surface area contributed by atoms with Crippen molar-refractivity contribution in [2.45, 2.75) is 38.8 Å². The first-order valence-corrected chi connectivity index (χ1v) is 8.97. The average molecular weight is 337 g/mol. The fourth-order valence-corrected chi connectivity index (χ4v) is 4.26. The molecule has 0 aliphatic carbocycles. The molecule has 118 valence electrons. The summed E-state index contributed by atoms with van der Waals surface area (Å²) >= 11 is 7.69. The summed E-state index contributed by atoms with van der Waals surface area (Å²) in [5.74, 6) is 0.0212. The number of rotatable bonds is 3. The number of carbonyl (C=O) groups is 1. The molecule has 1 atom stereocenters. The molecule has 0 unspecified atom stereocenters. The number of fused-ring (bicyclic) bond motifs is 1. The molecule has 1 amide bonds. The summed E-state index contributed by atoms with van der Waals surface area (Å²) in [4.78, 5) is 15.7. The lowest BCUT2D eigenvalue weighted by Gasteiger charge is -2.35. The number of nitrogens with zero attached hydrogens (tertiary/aromatic N) is 1. The zero-order valence-electron chi connectivity index (χ0n) is 12.9. The second kappa shape index (κ2) is 6.57. The second-order valence-electron chi connectivity index (χ2n) is 6.16. The van der Waals surface area contributed by atoms with Gasteiger partial charge in [0, 0.05) is 33.7 Å². The zero-order chi connectivity index (χ0) is 15.7. The van der Waals surface area contributed by atoms with Crippen molar-refractivity contribution in [3.63, 3.8) is 0 Å².